The van der Waals surface area contributed by atoms with Crippen LogP contribution in [-0.2, 0) is 27.7 Å². The lowest BCUT2D eigenvalue weighted by Gasteiger charge is -2.13. The highest BCUT2D eigenvalue weighted by Crippen LogP contribution is 2.29. The highest BCUT2D eigenvalue weighted by molar-refractivity contribution is 5.67. The number of hydrogen-bond donors (Lipinski definition) is 1. The molecule has 0 radical (unpaired) electrons. The van der Waals surface area contributed by atoms with Gasteiger partial charge in [0.15, 0.2) is 0 Å². The Hall–Kier alpha value is -1.53. The van der Waals surface area contributed by atoms with Crippen LogP contribution in [-0.4, -0.2) is 17.7 Å². The highest BCUT2D eigenvalue weighted by Gasteiger charge is 2.44. The van der Waals surface area contributed by atoms with Crippen molar-refractivity contribution in [1.82, 2.24) is 5.10 Å². The van der Waals surface area contributed by atoms with Crippen molar-refractivity contribution in [1.29, 1.82) is 0 Å². The molecule has 0 aliphatic rings. The second-order valence-electron chi connectivity index (χ2n) is 5.19. The van der Waals surface area contributed by atoms with E-state index < -0.39 is 29.8 Å². The zero-order valence-electron chi connectivity index (χ0n) is 11.4. The van der Waals surface area contributed by atoms with Crippen molar-refractivity contribution in [3.8, 4) is 0 Å². The summed E-state index contributed by atoms with van der Waals surface area (Å²) in [6, 6.07) is 1.03. The number of H-pyrrole nitrogens is 1. The lowest BCUT2D eigenvalue weighted by molar-refractivity contribution is -0.756. The number of carbonyl (C=O) groups is 1. The average Bonchev–Trinajstić information content (AvgIpc) is 2.60. The van der Waals surface area contributed by atoms with Crippen molar-refractivity contribution in [3.05, 3.63) is 17.5 Å². The minimum Gasteiger partial charge on any atom is -0.461 e. The molecule has 0 saturated carbocycles. The molecule has 1 heterocycles. The van der Waals surface area contributed by atoms with Gasteiger partial charge in [0.1, 0.15) is 0 Å². The zero-order chi connectivity index (χ0) is 14.8. The molecule has 19 heavy (non-hydrogen) atoms. The van der Waals surface area contributed by atoms with Gasteiger partial charge in [-0.05, 0) is 6.92 Å². The summed E-state index contributed by atoms with van der Waals surface area (Å²) in [7, 11) is 0. The molecule has 0 saturated heterocycles. The molecule has 0 bridgehead atoms. The minimum atomic E-state index is -4.52. The molecule has 1 aromatic heterocycles. The lowest BCUT2D eigenvalue weighted by Crippen LogP contribution is -2.46. The predicted octanol–water partition coefficient (Wildman–Crippen LogP) is 2.18. The molecule has 7 heteroatoms. The number of alkyl halides is 3. The third kappa shape index (κ3) is 3.97. The van der Waals surface area contributed by atoms with Gasteiger partial charge in [-0.3, -0.25) is 0 Å². The molecule has 0 unspecified atom stereocenters. The number of carbonyl (C=O) groups excluding carboxylic acids is 1. The molecule has 0 atom stereocenters. The van der Waals surface area contributed by atoms with E-state index >= 15 is 0 Å². The van der Waals surface area contributed by atoms with Crippen molar-refractivity contribution in [2.24, 2.45) is 0 Å². The highest BCUT2D eigenvalue weighted by atomic mass is 19.4. The van der Waals surface area contributed by atoms with Gasteiger partial charge in [0.25, 0.3) is 6.54 Å². The maximum absolute atomic E-state index is 12.9. The second-order valence-corrected chi connectivity index (χ2v) is 5.19. The van der Waals surface area contributed by atoms with Crippen LogP contribution in [0.4, 0.5) is 13.2 Å². The van der Waals surface area contributed by atoms with Crippen molar-refractivity contribution in [3.63, 3.8) is 0 Å². The van der Waals surface area contributed by atoms with E-state index in [0.717, 1.165) is 10.7 Å². The summed E-state index contributed by atoms with van der Waals surface area (Å²) in [6.45, 7) is 6.60. The molecule has 108 valence electrons. The fourth-order valence-electron chi connectivity index (χ4n) is 1.53. The average molecular weight is 279 g/mol. The van der Waals surface area contributed by atoms with Crippen molar-refractivity contribution < 1.29 is 27.4 Å². The van der Waals surface area contributed by atoms with Gasteiger partial charge < -0.3 is 4.74 Å². The lowest BCUT2D eigenvalue weighted by atomic mass is 9.92. The molecule has 0 spiro atoms. The van der Waals surface area contributed by atoms with E-state index in [0.29, 0.717) is 5.69 Å². The third-order valence-corrected chi connectivity index (χ3v) is 2.52. The fraction of sp³-hybridized carbons (Fsp3) is 0.667. The van der Waals surface area contributed by atoms with Crippen LogP contribution in [0, 0.1) is 0 Å². The van der Waals surface area contributed by atoms with Crippen molar-refractivity contribution in [2.45, 2.75) is 45.8 Å². The van der Waals surface area contributed by atoms with Crippen LogP contribution >= 0.6 is 0 Å². The van der Waals surface area contributed by atoms with E-state index in [4.69, 9.17) is 0 Å². The zero-order valence-corrected chi connectivity index (χ0v) is 11.4. The number of hydrogen-bond acceptors (Lipinski definition) is 2. The summed E-state index contributed by atoms with van der Waals surface area (Å²) >= 11 is 0. The number of rotatable bonds is 3. The summed E-state index contributed by atoms with van der Waals surface area (Å²) in [5, 5.41) is 2.61. The van der Waals surface area contributed by atoms with Crippen LogP contribution < -0.4 is 4.68 Å². The van der Waals surface area contributed by atoms with Gasteiger partial charge in [-0.2, -0.15) is 18.3 Å². The fourth-order valence-corrected chi connectivity index (χ4v) is 1.53. The van der Waals surface area contributed by atoms with Crippen LogP contribution in [0.1, 0.15) is 39.1 Å². The molecular formula is C12H18F3N2O2+. The monoisotopic (exact) mass is 279 g/mol. The molecule has 1 aromatic rings. The molecule has 0 aliphatic carbocycles. The molecule has 4 nitrogen and oxygen atoms in total. The van der Waals surface area contributed by atoms with E-state index in [9.17, 15) is 18.0 Å². The third-order valence-electron chi connectivity index (χ3n) is 2.52. The SMILES string of the molecule is CCOC(=O)C[n+]1[nH]c(C(C)(C)C)cc1C(F)(F)F. The van der Waals surface area contributed by atoms with Crippen LogP contribution in [0.5, 0.6) is 0 Å². The Kier molecular flexibility index (Phi) is 4.27. The Labute approximate surface area is 109 Å². The standard InChI is InChI=1S/C12H17F3N2O2/c1-5-19-10(18)7-17-9(12(13,14)15)6-8(16-17)11(2,3)4/h6H,5,7H2,1-4H3/p+1. The molecule has 1 rings (SSSR count). The molecule has 0 aliphatic heterocycles. The quantitative estimate of drug-likeness (QED) is 0.681. The Bertz CT molecular complexity index is 459. The van der Waals surface area contributed by atoms with E-state index in [2.05, 4.69) is 9.84 Å². The molecular weight excluding hydrogens is 261 g/mol. The summed E-state index contributed by atoms with van der Waals surface area (Å²) in [6.07, 6.45) is -4.52. The maximum atomic E-state index is 12.9. The first-order valence-corrected chi connectivity index (χ1v) is 5.92. The Balaban J connectivity index is 3.14. The van der Waals surface area contributed by atoms with Crippen LogP contribution in [0.3, 0.4) is 0 Å². The number of nitrogens with zero attached hydrogens (tertiary/aromatic N) is 1. The Morgan fingerprint density at radius 1 is 1.37 bits per heavy atom. The topological polar surface area (TPSA) is 46.0 Å². The van der Waals surface area contributed by atoms with Crippen LogP contribution in [0.25, 0.3) is 0 Å². The molecule has 0 fully saturated rings. The van der Waals surface area contributed by atoms with Crippen LogP contribution in [0.15, 0.2) is 6.07 Å². The number of ether oxygens (including phenoxy) is 1. The van der Waals surface area contributed by atoms with E-state index in [1.165, 1.54) is 0 Å². The van der Waals surface area contributed by atoms with E-state index in [-0.39, 0.29) is 6.61 Å². The molecule has 0 amide bonds. The summed E-state index contributed by atoms with van der Waals surface area (Å²) in [5.74, 6) is -0.708. The predicted molar refractivity (Wildman–Crippen MR) is 61.3 cm³/mol. The van der Waals surface area contributed by atoms with Crippen molar-refractivity contribution in [2.75, 3.05) is 6.61 Å². The summed E-state index contributed by atoms with van der Waals surface area (Å²) in [4.78, 5) is 11.3. The Morgan fingerprint density at radius 2 is 1.95 bits per heavy atom. The van der Waals surface area contributed by atoms with Crippen molar-refractivity contribution >= 4 is 5.97 Å². The van der Waals surface area contributed by atoms with Gasteiger partial charge in [0, 0.05) is 11.5 Å². The van der Waals surface area contributed by atoms with Gasteiger partial charge in [-0.25, -0.2) is 4.79 Å². The number of aromatic amines is 1. The van der Waals surface area contributed by atoms with Gasteiger partial charge >= 0.3 is 17.8 Å². The Morgan fingerprint density at radius 3 is 2.37 bits per heavy atom. The van der Waals surface area contributed by atoms with E-state index in [1.807, 2.05) is 0 Å². The molecule has 0 aromatic carbocycles. The number of aromatic nitrogens is 2. The number of esters is 1. The second kappa shape index (κ2) is 5.22. The first-order valence-electron chi connectivity index (χ1n) is 5.92. The first-order chi connectivity index (χ1) is 8.55. The summed E-state index contributed by atoms with van der Waals surface area (Å²) in [5.41, 5.74) is -0.950. The van der Waals surface area contributed by atoms with E-state index in [1.54, 1.807) is 27.7 Å². The number of nitrogens with one attached hydrogen (secondary N) is 1. The maximum Gasteiger partial charge on any atom is 0.479 e. The first kappa shape index (κ1) is 15.5. The minimum absolute atomic E-state index is 0.133. The van der Waals surface area contributed by atoms with Gasteiger partial charge in [0.2, 0.25) is 0 Å². The largest absolute Gasteiger partial charge is 0.479 e. The van der Waals surface area contributed by atoms with Gasteiger partial charge in [-0.1, -0.05) is 25.5 Å². The number of halogens is 3. The summed E-state index contributed by atoms with van der Waals surface area (Å²) < 4.78 is 44.1. The smallest absolute Gasteiger partial charge is 0.461 e. The van der Waals surface area contributed by atoms with Crippen LogP contribution in [0.2, 0.25) is 0 Å². The molecule has 1 N–H and O–H groups in total. The normalized spacial score (nSPS) is 12.6. The van der Waals surface area contributed by atoms with Gasteiger partial charge in [-0.15, -0.1) is 0 Å². The van der Waals surface area contributed by atoms with Gasteiger partial charge in [0.05, 0.1) is 12.3 Å².